The number of nitrogens with zero attached hydrogens (tertiary/aromatic N) is 3. The first-order valence-electron chi connectivity index (χ1n) is 8.33. The molecule has 0 aliphatic heterocycles. The van der Waals surface area contributed by atoms with Crippen LogP contribution in [0, 0.1) is 24.0 Å². The highest BCUT2D eigenvalue weighted by atomic mass is 35.5. The Morgan fingerprint density at radius 1 is 1.14 bits per heavy atom. The number of aryl methyl sites for hydroxylation is 2. The van der Waals surface area contributed by atoms with Gasteiger partial charge in [0.2, 0.25) is 0 Å². The zero-order chi connectivity index (χ0) is 21.3. The third-order valence-electron chi connectivity index (χ3n) is 4.12. The van der Waals surface area contributed by atoms with E-state index in [0.29, 0.717) is 22.2 Å². The molecular weight excluding hydrogens is 420 g/mol. The van der Waals surface area contributed by atoms with E-state index < -0.39 is 14.9 Å². The van der Waals surface area contributed by atoms with Crippen molar-refractivity contribution in [2.24, 2.45) is 7.05 Å². The van der Waals surface area contributed by atoms with Gasteiger partial charge in [-0.25, -0.2) is 8.42 Å². The molecule has 0 unspecified atom stereocenters. The molecule has 0 fully saturated rings. The number of non-ortho nitro benzene ring substituents is 1. The van der Waals surface area contributed by atoms with Crippen LogP contribution in [0.15, 0.2) is 47.4 Å². The van der Waals surface area contributed by atoms with Crippen molar-refractivity contribution in [2.45, 2.75) is 18.7 Å². The van der Waals surface area contributed by atoms with Crippen LogP contribution in [0.4, 0.5) is 11.4 Å². The summed E-state index contributed by atoms with van der Waals surface area (Å²) in [6, 6.07) is 10.1. The highest BCUT2D eigenvalue weighted by Crippen LogP contribution is 2.32. The average Bonchev–Trinajstić information content (AvgIpc) is 2.89. The van der Waals surface area contributed by atoms with E-state index in [4.69, 9.17) is 16.3 Å². The fourth-order valence-corrected chi connectivity index (χ4v) is 4.40. The average molecular weight is 437 g/mol. The van der Waals surface area contributed by atoms with Crippen molar-refractivity contribution in [1.82, 2.24) is 9.78 Å². The van der Waals surface area contributed by atoms with Crippen molar-refractivity contribution in [3.8, 4) is 11.5 Å². The summed E-state index contributed by atoms with van der Waals surface area (Å²) < 4.78 is 35.2. The number of halogens is 1. The summed E-state index contributed by atoms with van der Waals surface area (Å²) in [6.07, 6.45) is 0. The van der Waals surface area contributed by atoms with Crippen molar-refractivity contribution in [2.75, 3.05) is 4.72 Å². The molecule has 9 nitrogen and oxygen atoms in total. The van der Waals surface area contributed by atoms with Gasteiger partial charge in [-0.2, -0.15) is 5.10 Å². The van der Waals surface area contributed by atoms with Crippen LogP contribution >= 0.6 is 11.6 Å². The van der Waals surface area contributed by atoms with Gasteiger partial charge in [0, 0.05) is 24.2 Å². The summed E-state index contributed by atoms with van der Waals surface area (Å²) in [5, 5.41) is 15.9. The van der Waals surface area contributed by atoms with E-state index in [2.05, 4.69) is 9.82 Å². The van der Waals surface area contributed by atoms with E-state index in [-0.39, 0.29) is 22.0 Å². The van der Waals surface area contributed by atoms with Crippen LogP contribution in [-0.4, -0.2) is 23.1 Å². The second kappa shape index (κ2) is 7.72. The standard InChI is InChI=1S/C18H17ClN4O5S/c1-11-18(12(2)22(3)20-11)29(26,27)21-14-8-15(23(24)25)10-17(9-14)28-16-6-4-13(19)5-7-16/h4-10,21H,1-3H3. The van der Waals surface area contributed by atoms with Gasteiger partial charge in [0.25, 0.3) is 15.7 Å². The van der Waals surface area contributed by atoms with Gasteiger partial charge in [0.15, 0.2) is 0 Å². The lowest BCUT2D eigenvalue weighted by atomic mass is 10.2. The third kappa shape index (κ3) is 4.49. The fourth-order valence-electron chi connectivity index (χ4n) is 2.79. The molecule has 0 saturated carbocycles. The first-order valence-corrected chi connectivity index (χ1v) is 10.2. The Morgan fingerprint density at radius 3 is 2.34 bits per heavy atom. The number of aromatic nitrogens is 2. The number of hydrogen-bond donors (Lipinski definition) is 1. The van der Waals surface area contributed by atoms with E-state index in [1.165, 1.54) is 16.8 Å². The zero-order valence-electron chi connectivity index (χ0n) is 15.7. The SMILES string of the molecule is Cc1nn(C)c(C)c1S(=O)(=O)Nc1cc(Oc2ccc(Cl)cc2)cc([N+](=O)[O-])c1. The number of anilines is 1. The summed E-state index contributed by atoms with van der Waals surface area (Å²) in [6.45, 7) is 3.20. The molecule has 0 aliphatic rings. The topological polar surface area (TPSA) is 116 Å². The van der Waals surface area contributed by atoms with Crippen LogP contribution in [-0.2, 0) is 17.1 Å². The van der Waals surface area contributed by atoms with Gasteiger partial charge in [-0.05, 0) is 38.1 Å². The summed E-state index contributed by atoms with van der Waals surface area (Å²) in [7, 11) is -2.39. The van der Waals surface area contributed by atoms with Gasteiger partial charge in [-0.15, -0.1) is 0 Å². The molecule has 2 aromatic carbocycles. The monoisotopic (exact) mass is 436 g/mol. The van der Waals surface area contributed by atoms with E-state index in [1.54, 1.807) is 45.2 Å². The van der Waals surface area contributed by atoms with Gasteiger partial charge in [0.1, 0.15) is 16.4 Å². The minimum absolute atomic E-state index is 0.00850. The molecule has 1 aromatic heterocycles. The van der Waals surface area contributed by atoms with Gasteiger partial charge in [-0.3, -0.25) is 19.5 Å². The van der Waals surface area contributed by atoms with Gasteiger partial charge in [0.05, 0.1) is 28.1 Å². The molecular formula is C18H17ClN4O5S. The Bertz CT molecular complexity index is 1190. The lowest BCUT2D eigenvalue weighted by molar-refractivity contribution is -0.384. The minimum Gasteiger partial charge on any atom is -0.457 e. The quantitative estimate of drug-likeness (QED) is 0.457. The summed E-state index contributed by atoms with van der Waals surface area (Å²) in [4.78, 5) is 10.7. The molecule has 3 aromatic rings. The fraction of sp³-hybridized carbons (Fsp3) is 0.167. The smallest absolute Gasteiger partial charge is 0.275 e. The van der Waals surface area contributed by atoms with Crippen molar-refractivity contribution < 1.29 is 18.1 Å². The van der Waals surface area contributed by atoms with E-state index in [1.807, 2.05) is 0 Å². The molecule has 0 radical (unpaired) electrons. The number of nitrogens with one attached hydrogen (secondary N) is 1. The first kappa shape index (κ1) is 20.6. The Balaban J connectivity index is 1.99. The molecule has 1 N–H and O–H groups in total. The summed E-state index contributed by atoms with van der Waals surface area (Å²) in [5.74, 6) is 0.488. The molecule has 3 rings (SSSR count). The molecule has 1 heterocycles. The Morgan fingerprint density at radius 2 is 1.79 bits per heavy atom. The maximum Gasteiger partial charge on any atom is 0.275 e. The number of nitro groups is 1. The predicted octanol–water partition coefficient (Wildman–Crippen LogP) is 4.19. The number of benzene rings is 2. The number of hydrogen-bond acceptors (Lipinski definition) is 6. The number of sulfonamides is 1. The van der Waals surface area contributed by atoms with Crippen LogP contribution in [0.3, 0.4) is 0 Å². The number of ether oxygens (including phenoxy) is 1. The van der Waals surface area contributed by atoms with Crippen LogP contribution in [0.25, 0.3) is 0 Å². The maximum atomic E-state index is 12.9. The van der Waals surface area contributed by atoms with Gasteiger partial charge < -0.3 is 4.74 Å². The maximum absolute atomic E-state index is 12.9. The molecule has 0 atom stereocenters. The molecule has 0 bridgehead atoms. The number of nitro benzene ring substituents is 1. The molecule has 0 aliphatic carbocycles. The third-order valence-corrected chi connectivity index (χ3v) is 6.00. The summed E-state index contributed by atoms with van der Waals surface area (Å²) in [5.41, 5.74) is 0.429. The molecule has 0 spiro atoms. The minimum atomic E-state index is -4.02. The lowest BCUT2D eigenvalue weighted by Crippen LogP contribution is -2.15. The lowest BCUT2D eigenvalue weighted by Gasteiger charge is -2.11. The molecule has 11 heteroatoms. The zero-order valence-corrected chi connectivity index (χ0v) is 17.3. The normalized spacial score (nSPS) is 11.3. The van der Waals surface area contributed by atoms with Crippen LogP contribution in [0.2, 0.25) is 5.02 Å². The van der Waals surface area contributed by atoms with Crippen LogP contribution in [0.1, 0.15) is 11.4 Å². The van der Waals surface area contributed by atoms with E-state index in [0.717, 1.165) is 6.07 Å². The van der Waals surface area contributed by atoms with Crippen molar-refractivity contribution in [3.05, 3.63) is 69.0 Å². The van der Waals surface area contributed by atoms with Crippen molar-refractivity contribution in [1.29, 1.82) is 0 Å². The molecule has 0 amide bonds. The Kier molecular flexibility index (Phi) is 5.49. The second-order valence-corrected chi connectivity index (χ2v) is 8.31. The molecule has 0 saturated heterocycles. The highest BCUT2D eigenvalue weighted by molar-refractivity contribution is 7.92. The van der Waals surface area contributed by atoms with Crippen molar-refractivity contribution >= 4 is 33.0 Å². The van der Waals surface area contributed by atoms with Crippen LogP contribution in [0.5, 0.6) is 11.5 Å². The molecule has 152 valence electrons. The van der Waals surface area contributed by atoms with Crippen molar-refractivity contribution in [3.63, 3.8) is 0 Å². The highest BCUT2D eigenvalue weighted by Gasteiger charge is 2.25. The van der Waals surface area contributed by atoms with Gasteiger partial charge >= 0.3 is 0 Å². The summed E-state index contributed by atoms with van der Waals surface area (Å²) >= 11 is 5.84. The van der Waals surface area contributed by atoms with Crippen LogP contribution < -0.4 is 9.46 Å². The van der Waals surface area contributed by atoms with Gasteiger partial charge in [-0.1, -0.05) is 11.6 Å². The second-order valence-electron chi connectivity index (χ2n) is 6.26. The first-order chi connectivity index (χ1) is 13.6. The number of rotatable bonds is 6. The Labute approximate surface area is 172 Å². The molecule has 29 heavy (non-hydrogen) atoms. The Hall–Kier alpha value is -3.11. The largest absolute Gasteiger partial charge is 0.457 e. The van der Waals surface area contributed by atoms with E-state index in [9.17, 15) is 18.5 Å². The van der Waals surface area contributed by atoms with E-state index >= 15 is 0 Å². The predicted molar refractivity (Wildman–Crippen MR) is 108 cm³/mol.